The second kappa shape index (κ2) is 9.24. The van der Waals surface area contributed by atoms with Crippen LogP contribution in [0.25, 0.3) is 0 Å². The molecule has 0 rings (SSSR count). The van der Waals surface area contributed by atoms with Gasteiger partial charge in [-0.2, -0.15) is 0 Å². The highest BCUT2D eigenvalue weighted by atomic mass is 16.5. The minimum Gasteiger partial charge on any atom is -0.481 e. The number of carbonyl (C=O) groups excluding carboxylic acids is 1. The van der Waals surface area contributed by atoms with Crippen molar-refractivity contribution in [2.45, 2.75) is 13.8 Å². The van der Waals surface area contributed by atoms with E-state index in [9.17, 15) is 9.59 Å². The first-order valence-electron chi connectivity index (χ1n) is 3.67. The largest absolute Gasteiger partial charge is 0.481 e. The summed E-state index contributed by atoms with van der Waals surface area (Å²) in [6.45, 7) is 2.98. The van der Waals surface area contributed by atoms with Gasteiger partial charge in [0.05, 0.1) is 6.61 Å². The first-order chi connectivity index (χ1) is 6.40. The maximum atomic E-state index is 10.4. The third-order valence-corrected chi connectivity index (χ3v) is 0.649. The summed E-state index contributed by atoms with van der Waals surface area (Å²) in [5.41, 5.74) is 0. The molecular weight excluding hydrogens is 192 g/mol. The van der Waals surface area contributed by atoms with E-state index in [1.807, 2.05) is 0 Å². The average Bonchev–Trinajstić information content (AvgIpc) is 2.00. The predicted octanol–water partition coefficient (Wildman–Crippen LogP) is 0.281. The summed E-state index contributed by atoms with van der Waals surface area (Å²) in [5.74, 6) is -2.63. The molecule has 0 radical (unpaired) electrons. The molecule has 80 valence electrons. The van der Waals surface area contributed by atoms with Crippen LogP contribution in [0.15, 0.2) is 12.2 Å². The summed E-state index contributed by atoms with van der Waals surface area (Å²) in [6, 6.07) is 0. The van der Waals surface area contributed by atoms with Gasteiger partial charge in [0.1, 0.15) is 0 Å². The Morgan fingerprint density at radius 2 is 1.64 bits per heavy atom. The zero-order chi connectivity index (χ0) is 11.6. The van der Waals surface area contributed by atoms with E-state index in [0.29, 0.717) is 0 Å². The molecule has 0 spiro atoms. The molecule has 0 unspecified atom stereocenters. The number of rotatable bonds is 3. The fourth-order valence-corrected chi connectivity index (χ4v) is 0.330. The third-order valence-electron chi connectivity index (χ3n) is 0.649. The molecule has 0 saturated heterocycles. The zero-order valence-electron chi connectivity index (χ0n) is 7.89. The van der Waals surface area contributed by atoms with Crippen molar-refractivity contribution in [3.05, 3.63) is 12.2 Å². The molecule has 2 N–H and O–H groups in total. The maximum Gasteiger partial charge on any atom is 0.330 e. The van der Waals surface area contributed by atoms with Crippen molar-refractivity contribution in [3.8, 4) is 0 Å². The number of aliphatic carboxylic acids is 2. The van der Waals surface area contributed by atoms with E-state index in [4.69, 9.17) is 15.0 Å². The highest BCUT2D eigenvalue weighted by Crippen LogP contribution is 1.80. The lowest BCUT2D eigenvalue weighted by molar-refractivity contribution is -0.138. The Hall–Kier alpha value is -1.85. The van der Waals surface area contributed by atoms with Gasteiger partial charge >= 0.3 is 11.9 Å². The van der Waals surface area contributed by atoms with Gasteiger partial charge in [-0.05, 0) is 6.92 Å². The van der Waals surface area contributed by atoms with Crippen molar-refractivity contribution in [2.24, 2.45) is 0 Å². The number of ether oxygens (including phenoxy) is 1. The lowest BCUT2D eigenvalue weighted by Crippen LogP contribution is -2.00. The molecule has 6 heteroatoms. The number of carbonyl (C=O) groups is 3. The van der Waals surface area contributed by atoms with Gasteiger partial charge in [0, 0.05) is 19.1 Å². The number of esters is 1. The number of carboxylic acid groups (broad SMARTS) is 2. The lowest BCUT2D eigenvalue weighted by atomic mass is 10.5. The van der Waals surface area contributed by atoms with Gasteiger partial charge < -0.3 is 14.9 Å². The molecule has 0 aromatic heterocycles. The van der Waals surface area contributed by atoms with Gasteiger partial charge in [0.2, 0.25) is 0 Å². The molecule has 0 saturated carbocycles. The second-order valence-corrected chi connectivity index (χ2v) is 1.94. The Labute approximate surface area is 80.8 Å². The first kappa shape index (κ1) is 14.7. The summed E-state index contributed by atoms with van der Waals surface area (Å²) in [5, 5.41) is 15.5. The minimum atomic E-state index is -1.16. The molecule has 0 aliphatic heterocycles. The van der Waals surface area contributed by atoms with E-state index >= 15 is 0 Å². The third kappa shape index (κ3) is 22.5. The van der Waals surface area contributed by atoms with Crippen molar-refractivity contribution < 1.29 is 29.3 Å². The summed E-state index contributed by atoms with van der Waals surface area (Å²) >= 11 is 0. The van der Waals surface area contributed by atoms with Crippen LogP contribution in [-0.2, 0) is 19.1 Å². The standard InChI is InChI=1S/C6H8O4.C2H4O2/c1-2-10-6(9)4-3-5(7)8;1-2(3)4/h3-4H,2H2,1H3,(H,7,8);1H3,(H,3,4)/b4-3-;. The van der Waals surface area contributed by atoms with Crippen molar-refractivity contribution in [3.63, 3.8) is 0 Å². The Morgan fingerprint density at radius 3 is 1.93 bits per heavy atom. The number of hydrogen-bond donors (Lipinski definition) is 2. The molecule has 0 fully saturated rings. The highest BCUT2D eigenvalue weighted by Gasteiger charge is 1.94. The molecule has 0 heterocycles. The lowest BCUT2D eigenvalue weighted by Gasteiger charge is -1.92. The fraction of sp³-hybridized carbons (Fsp3) is 0.375. The first-order valence-corrected chi connectivity index (χ1v) is 3.67. The predicted molar refractivity (Wildman–Crippen MR) is 46.7 cm³/mol. The van der Waals surface area contributed by atoms with Crippen LogP contribution >= 0.6 is 0 Å². The second-order valence-electron chi connectivity index (χ2n) is 1.94. The fourth-order valence-electron chi connectivity index (χ4n) is 0.330. The van der Waals surface area contributed by atoms with Crippen LogP contribution in [0.5, 0.6) is 0 Å². The summed E-state index contributed by atoms with van der Waals surface area (Å²) in [4.78, 5) is 29.2. The van der Waals surface area contributed by atoms with Crippen LogP contribution in [0.2, 0.25) is 0 Å². The minimum absolute atomic E-state index is 0.253. The number of carboxylic acids is 2. The van der Waals surface area contributed by atoms with E-state index in [-0.39, 0.29) is 6.61 Å². The Balaban J connectivity index is 0. The summed E-state index contributed by atoms with van der Waals surface area (Å²) in [7, 11) is 0. The summed E-state index contributed by atoms with van der Waals surface area (Å²) < 4.78 is 4.40. The van der Waals surface area contributed by atoms with Gasteiger partial charge in [-0.25, -0.2) is 9.59 Å². The molecule has 0 aliphatic carbocycles. The van der Waals surface area contributed by atoms with Crippen LogP contribution < -0.4 is 0 Å². The van der Waals surface area contributed by atoms with Crippen molar-refractivity contribution >= 4 is 17.9 Å². The van der Waals surface area contributed by atoms with Gasteiger partial charge in [-0.1, -0.05) is 0 Å². The molecular formula is C8H12O6. The molecule has 0 bridgehead atoms. The van der Waals surface area contributed by atoms with Gasteiger partial charge in [0.25, 0.3) is 5.97 Å². The number of hydrogen-bond acceptors (Lipinski definition) is 4. The quantitative estimate of drug-likeness (QED) is 0.505. The van der Waals surface area contributed by atoms with E-state index in [0.717, 1.165) is 19.1 Å². The zero-order valence-corrected chi connectivity index (χ0v) is 7.89. The van der Waals surface area contributed by atoms with E-state index in [2.05, 4.69) is 4.74 Å². The highest BCUT2D eigenvalue weighted by molar-refractivity contribution is 5.90. The normalized spacial score (nSPS) is 8.71. The van der Waals surface area contributed by atoms with Crippen molar-refractivity contribution in [1.29, 1.82) is 0 Å². The van der Waals surface area contributed by atoms with Crippen LogP contribution in [0.4, 0.5) is 0 Å². The molecule has 0 aromatic carbocycles. The van der Waals surface area contributed by atoms with Crippen LogP contribution in [0.1, 0.15) is 13.8 Å². The summed E-state index contributed by atoms with van der Waals surface area (Å²) in [6.07, 6.45) is 1.60. The van der Waals surface area contributed by atoms with Crippen LogP contribution in [0, 0.1) is 0 Å². The average molecular weight is 204 g/mol. The molecule has 0 aromatic rings. The smallest absolute Gasteiger partial charge is 0.330 e. The Bertz CT molecular complexity index is 226. The topological polar surface area (TPSA) is 101 Å². The molecule has 0 atom stereocenters. The van der Waals surface area contributed by atoms with E-state index in [1.165, 1.54) is 0 Å². The Kier molecular flexibility index (Phi) is 9.68. The maximum absolute atomic E-state index is 10.4. The van der Waals surface area contributed by atoms with E-state index < -0.39 is 17.9 Å². The van der Waals surface area contributed by atoms with Crippen molar-refractivity contribution in [2.75, 3.05) is 6.61 Å². The SMILES string of the molecule is CC(=O)O.CCOC(=O)/C=C\C(=O)O. The van der Waals surface area contributed by atoms with Crippen molar-refractivity contribution in [1.82, 2.24) is 0 Å². The van der Waals surface area contributed by atoms with Gasteiger partial charge in [-0.3, -0.25) is 4.79 Å². The molecule has 0 aliphatic rings. The molecule has 0 amide bonds. The van der Waals surface area contributed by atoms with Gasteiger partial charge in [0.15, 0.2) is 0 Å². The Morgan fingerprint density at radius 1 is 1.21 bits per heavy atom. The monoisotopic (exact) mass is 204 g/mol. The molecule has 14 heavy (non-hydrogen) atoms. The molecule has 6 nitrogen and oxygen atoms in total. The van der Waals surface area contributed by atoms with Crippen LogP contribution in [-0.4, -0.2) is 34.7 Å². The van der Waals surface area contributed by atoms with Gasteiger partial charge in [-0.15, -0.1) is 0 Å². The van der Waals surface area contributed by atoms with Crippen LogP contribution in [0.3, 0.4) is 0 Å². The van der Waals surface area contributed by atoms with E-state index in [1.54, 1.807) is 6.92 Å².